The first-order chi connectivity index (χ1) is 14.3. The van der Waals surface area contributed by atoms with E-state index >= 15 is 0 Å². The molecule has 3 nitrogen and oxygen atoms in total. The first-order valence-corrected chi connectivity index (χ1v) is 11.1. The lowest BCUT2D eigenvalue weighted by Gasteiger charge is -2.17. The number of anilines is 1. The zero-order valence-corrected chi connectivity index (χ0v) is 17.2. The maximum Gasteiger partial charge on any atom is 0.224 e. The molecule has 0 fully saturated rings. The molecule has 1 heterocycles. The molecule has 0 atom stereocenters. The molecule has 148 valence electrons. The summed E-state index contributed by atoms with van der Waals surface area (Å²) in [5.41, 5.74) is 4.60. The second-order valence-corrected chi connectivity index (χ2v) is 8.33. The number of unbranched alkanes of at least 4 members (excludes halogenated alkanes) is 1. The van der Waals surface area contributed by atoms with E-state index in [4.69, 9.17) is 4.74 Å². The lowest BCUT2D eigenvalue weighted by molar-refractivity contribution is -0.116. The number of hydrogen-bond acceptors (Lipinski definition) is 3. The second-order valence-electron chi connectivity index (χ2n) is 7.16. The molecule has 4 rings (SSSR count). The van der Waals surface area contributed by atoms with E-state index in [-0.39, 0.29) is 5.91 Å². The third-order valence-electron chi connectivity index (χ3n) is 5.01. The number of hydrogen-bond donors (Lipinski definition) is 1. The number of amides is 1. The number of carbonyl (C=O) groups excluding carboxylic acids is 1. The topological polar surface area (TPSA) is 38.3 Å². The van der Waals surface area contributed by atoms with Gasteiger partial charge in [0.25, 0.3) is 0 Å². The van der Waals surface area contributed by atoms with Crippen LogP contribution in [-0.4, -0.2) is 18.3 Å². The Balaban J connectivity index is 1.16. The van der Waals surface area contributed by atoms with Crippen LogP contribution in [0.3, 0.4) is 0 Å². The number of aryl methyl sites for hydroxylation is 1. The van der Waals surface area contributed by atoms with Gasteiger partial charge >= 0.3 is 0 Å². The summed E-state index contributed by atoms with van der Waals surface area (Å²) in [5.74, 6) is 2.08. The smallest absolute Gasteiger partial charge is 0.224 e. The number of benzene rings is 3. The van der Waals surface area contributed by atoms with Gasteiger partial charge in [0.05, 0.1) is 6.61 Å². The van der Waals surface area contributed by atoms with Gasteiger partial charge < -0.3 is 10.1 Å². The Bertz CT molecular complexity index is 954. The molecule has 0 radical (unpaired) electrons. The lowest BCUT2D eigenvalue weighted by Crippen LogP contribution is -2.18. The summed E-state index contributed by atoms with van der Waals surface area (Å²) in [6.45, 7) is 0.721. The summed E-state index contributed by atoms with van der Waals surface area (Å²) < 4.78 is 5.89. The quantitative estimate of drug-likeness (QED) is 0.360. The van der Waals surface area contributed by atoms with Crippen molar-refractivity contribution in [3.63, 3.8) is 0 Å². The molecule has 1 amide bonds. The number of nitrogens with one attached hydrogen (secondary N) is 1. The average molecular weight is 404 g/mol. The van der Waals surface area contributed by atoms with E-state index in [2.05, 4.69) is 59.9 Å². The van der Waals surface area contributed by atoms with Crippen LogP contribution in [0.2, 0.25) is 0 Å². The highest BCUT2D eigenvalue weighted by Crippen LogP contribution is 2.27. The molecule has 0 aliphatic carbocycles. The Labute approximate surface area is 176 Å². The molecule has 1 aliphatic rings. The molecular formula is C25H25NO2S. The summed E-state index contributed by atoms with van der Waals surface area (Å²) in [7, 11) is 0. The van der Waals surface area contributed by atoms with E-state index in [1.165, 1.54) is 16.0 Å². The number of thioether (sulfide) groups is 1. The number of rotatable bonds is 8. The zero-order valence-electron chi connectivity index (χ0n) is 16.4. The Morgan fingerprint density at radius 2 is 1.66 bits per heavy atom. The summed E-state index contributed by atoms with van der Waals surface area (Å²) in [5, 5.41) is 2.90. The summed E-state index contributed by atoms with van der Waals surface area (Å²) in [6, 6.07) is 25.2. The molecule has 0 spiro atoms. The van der Waals surface area contributed by atoms with E-state index in [1.807, 2.05) is 30.0 Å². The van der Waals surface area contributed by atoms with Crippen LogP contribution in [0.5, 0.6) is 5.75 Å². The van der Waals surface area contributed by atoms with Crippen molar-refractivity contribution in [1.82, 2.24) is 0 Å². The zero-order chi connectivity index (χ0) is 19.9. The Morgan fingerprint density at radius 3 is 2.48 bits per heavy atom. The van der Waals surface area contributed by atoms with Crippen molar-refractivity contribution < 1.29 is 9.53 Å². The van der Waals surface area contributed by atoms with Gasteiger partial charge in [-0.25, -0.2) is 0 Å². The molecular weight excluding hydrogens is 378 g/mol. The maximum absolute atomic E-state index is 11.4. The predicted molar refractivity (Wildman–Crippen MR) is 121 cm³/mol. The number of carbonyl (C=O) groups is 1. The van der Waals surface area contributed by atoms with Crippen molar-refractivity contribution in [2.24, 2.45) is 0 Å². The van der Waals surface area contributed by atoms with Crippen LogP contribution >= 0.6 is 11.8 Å². The largest absolute Gasteiger partial charge is 0.494 e. The highest BCUT2D eigenvalue weighted by atomic mass is 32.2. The van der Waals surface area contributed by atoms with Gasteiger partial charge in [-0.15, -0.1) is 11.8 Å². The van der Waals surface area contributed by atoms with Crippen molar-refractivity contribution >= 4 is 23.4 Å². The predicted octanol–water partition coefficient (Wildman–Crippen LogP) is 6.19. The van der Waals surface area contributed by atoms with Gasteiger partial charge in [0, 0.05) is 17.0 Å². The minimum atomic E-state index is 0.0957. The minimum absolute atomic E-state index is 0.0957. The summed E-state index contributed by atoms with van der Waals surface area (Å²) >= 11 is 1.89. The van der Waals surface area contributed by atoms with Crippen molar-refractivity contribution in [3.8, 4) is 16.9 Å². The molecule has 29 heavy (non-hydrogen) atoms. The van der Waals surface area contributed by atoms with Crippen LogP contribution in [0.15, 0.2) is 77.7 Å². The fraction of sp³-hybridized carbons (Fsp3) is 0.240. The molecule has 3 aromatic rings. The third kappa shape index (κ3) is 5.42. The van der Waals surface area contributed by atoms with Gasteiger partial charge in [-0.1, -0.05) is 42.5 Å². The fourth-order valence-corrected chi connectivity index (χ4v) is 4.32. The fourth-order valence-electron chi connectivity index (χ4n) is 3.41. The van der Waals surface area contributed by atoms with E-state index < -0.39 is 0 Å². The van der Waals surface area contributed by atoms with E-state index in [9.17, 15) is 4.79 Å². The highest BCUT2D eigenvalue weighted by Gasteiger charge is 2.14. The standard InChI is InChI=1S/C25H25NO2S/c27-25-15-10-21-18-22(11-14-24(21)26-25)28-16-4-5-17-29-23-12-8-20(9-13-23)19-6-2-1-3-7-19/h1-3,6-9,11-14,18H,4-5,10,15-17H2,(H,26,27). The molecule has 0 unspecified atom stereocenters. The Morgan fingerprint density at radius 1 is 0.862 bits per heavy atom. The van der Waals surface area contributed by atoms with Crippen LogP contribution in [0.25, 0.3) is 11.1 Å². The first kappa shape index (κ1) is 19.6. The van der Waals surface area contributed by atoms with Crippen LogP contribution in [0.1, 0.15) is 24.8 Å². The van der Waals surface area contributed by atoms with Crippen LogP contribution in [0, 0.1) is 0 Å². The van der Waals surface area contributed by atoms with Crippen molar-refractivity contribution in [1.29, 1.82) is 0 Å². The van der Waals surface area contributed by atoms with Crippen LogP contribution < -0.4 is 10.1 Å². The van der Waals surface area contributed by atoms with Crippen LogP contribution in [-0.2, 0) is 11.2 Å². The number of fused-ring (bicyclic) bond motifs is 1. The van der Waals surface area contributed by atoms with E-state index in [0.29, 0.717) is 6.42 Å². The molecule has 0 aromatic heterocycles. The average Bonchev–Trinajstić information content (AvgIpc) is 2.77. The molecule has 3 aromatic carbocycles. The maximum atomic E-state index is 11.4. The molecule has 0 saturated carbocycles. The minimum Gasteiger partial charge on any atom is -0.494 e. The van der Waals surface area contributed by atoms with Gasteiger partial charge in [-0.2, -0.15) is 0 Å². The van der Waals surface area contributed by atoms with Crippen molar-refractivity contribution in [2.45, 2.75) is 30.6 Å². The normalized spacial score (nSPS) is 12.9. The Hall–Kier alpha value is -2.72. The Kier molecular flexibility index (Phi) is 6.52. The summed E-state index contributed by atoms with van der Waals surface area (Å²) in [6.07, 6.45) is 3.49. The summed E-state index contributed by atoms with van der Waals surface area (Å²) in [4.78, 5) is 12.7. The molecule has 0 saturated heterocycles. The van der Waals surface area contributed by atoms with Crippen molar-refractivity contribution in [3.05, 3.63) is 78.4 Å². The highest BCUT2D eigenvalue weighted by molar-refractivity contribution is 7.99. The van der Waals surface area contributed by atoms with Crippen molar-refractivity contribution in [2.75, 3.05) is 17.7 Å². The number of ether oxygens (including phenoxy) is 1. The van der Waals surface area contributed by atoms with Gasteiger partial charge in [-0.05, 0) is 72.0 Å². The van der Waals surface area contributed by atoms with E-state index in [1.54, 1.807) is 0 Å². The monoisotopic (exact) mass is 403 g/mol. The first-order valence-electron chi connectivity index (χ1n) is 10.1. The van der Waals surface area contributed by atoms with Crippen LogP contribution in [0.4, 0.5) is 5.69 Å². The van der Waals surface area contributed by atoms with Gasteiger partial charge in [-0.3, -0.25) is 4.79 Å². The lowest BCUT2D eigenvalue weighted by atomic mass is 10.0. The van der Waals surface area contributed by atoms with E-state index in [0.717, 1.165) is 48.6 Å². The molecule has 1 aliphatic heterocycles. The molecule has 0 bridgehead atoms. The second kappa shape index (κ2) is 9.66. The van der Waals surface area contributed by atoms with Gasteiger partial charge in [0.1, 0.15) is 5.75 Å². The van der Waals surface area contributed by atoms with Gasteiger partial charge in [0.15, 0.2) is 0 Å². The molecule has 4 heteroatoms. The SMILES string of the molecule is O=C1CCc2cc(OCCCCSc3ccc(-c4ccccc4)cc3)ccc2N1. The molecule has 1 N–H and O–H groups in total. The van der Waals surface area contributed by atoms with Gasteiger partial charge in [0.2, 0.25) is 5.91 Å². The third-order valence-corrected chi connectivity index (χ3v) is 6.11.